The SMILES string of the molecule is CCOc1ccc(C)cc1C(N)c1ccc(F)c(Br)c1. The van der Waals surface area contributed by atoms with Crippen molar-refractivity contribution >= 4 is 15.9 Å². The van der Waals surface area contributed by atoms with Gasteiger partial charge in [-0.3, -0.25) is 0 Å². The first-order valence-corrected chi connectivity index (χ1v) is 7.26. The first-order chi connectivity index (χ1) is 9.52. The van der Waals surface area contributed by atoms with Crippen LogP contribution < -0.4 is 10.5 Å². The predicted molar refractivity (Wildman–Crippen MR) is 82.5 cm³/mol. The molecule has 0 aliphatic rings. The van der Waals surface area contributed by atoms with Crippen molar-refractivity contribution in [1.29, 1.82) is 0 Å². The molecule has 4 heteroatoms. The van der Waals surface area contributed by atoms with Gasteiger partial charge in [0, 0.05) is 5.56 Å². The second kappa shape index (κ2) is 6.37. The van der Waals surface area contributed by atoms with Gasteiger partial charge in [-0.2, -0.15) is 0 Å². The summed E-state index contributed by atoms with van der Waals surface area (Å²) < 4.78 is 19.4. The smallest absolute Gasteiger partial charge is 0.137 e. The van der Waals surface area contributed by atoms with E-state index in [4.69, 9.17) is 10.5 Å². The fourth-order valence-electron chi connectivity index (χ4n) is 2.08. The lowest BCUT2D eigenvalue weighted by atomic mass is 9.97. The van der Waals surface area contributed by atoms with Crippen LogP contribution in [0.5, 0.6) is 5.75 Å². The monoisotopic (exact) mass is 337 g/mol. The van der Waals surface area contributed by atoms with E-state index in [-0.39, 0.29) is 11.9 Å². The summed E-state index contributed by atoms with van der Waals surface area (Å²) in [4.78, 5) is 0. The minimum absolute atomic E-state index is 0.296. The van der Waals surface area contributed by atoms with E-state index in [9.17, 15) is 4.39 Å². The third-order valence-electron chi connectivity index (χ3n) is 3.10. The molecule has 0 fully saturated rings. The Morgan fingerprint density at radius 3 is 2.65 bits per heavy atom. The molecule has 2 aromatic carbocycles. The Hall–Kier alpha value is -1.39. The van der Waals surface area contributed by atoms with Crippen LogP contribution in [0.4, 0.5) is 4.39 Å². The summed E-state index contributed by atoms with van der Waals surface area (Å²) in [5.74, 6) is 0.473. The molecule has 0 aliphatic heterocycles. The van der Waals surface area contributed by atoms with Crippen molar-refractivity contribution < 1.29 is 9.13 Å². The van der Waals surface area contributed by atoms with E-state index >= 15 is 0 Å². The van der Waals surface area contributed by atoms with Gasteiger partial charge in [0.2, 0.25) is 0 Å². The molecule has 2 nitrogen and oxygen atoms in total. The Kier molecular flexibility index (Phi) is 4.78. The minimum Gasteiger partial charge on any atom is -0.494 e. The minimum atomic E-state index is -0.353. The molecule has 106 valence electrons. The lowest BCUT2D eigenvalue weighted by molar-refractivity contribution is 0.335. The molecule has 20 heavy (non-hydrogen) atoms. The second-order valence-corrected chi connectivity index (χ2v) is 5.48. The van der Waals surface area contributed by atoms with Crippen molar-refractivity contribution in [3.8, 4) is 5.75 Å². The molecule has 0 saturated heterocycles. The third-order valence-corrected chi connectivity index (χ3v) is 3.71. The molecule has 2 aromatic rings. The number of ether oxygens (including phenoxy) is 1. The molecule has 2 rings (SSSR count). The van der Waals surface area contributed by atoms with E-state index < -0.39 is 0 Å². The van der Waals surface area contributed by atoms with Crippen molar-refractivity contribution in [2.75, 3.05) is 6.61 Å². The fourth-order valence-corrected chi connectivity index (χ4v) is 2.48. The molecular weight excluding hydrogens is 321 g/mol. The molecule has 0 aliphatic carbocycles. The Labute approximate surface area is 126 Å². The maximum absolute atomic E-state index is 13.3. The van der Waals surface area contributed by atoms with Crippen LogP contribution in [0.3, 0.4) is 0 Å². The summed E-state index contributed by atoms with van der Waals surface area (Å²) in [5, 5.41) is 0. The van der Waals surface area contributed by atoms with Crippen molar-refractivity contribution in [1.82, 2.24) is 0 Å². The van der Waals surface area contributed by atoms with E-state index in [1.807, 2.05) is 32.0 Å². The number of nitrogens with two attached hydrogens (primary N) is 1. The Morgan fingerprint density at radius 2 is 2.00 bits per heavy atom. The fraction of sp³-hybridized carbons (Fsp3) is 0.250. The standard InChI is InChI=1S/C16H17BrFNO/c1-3-20-15-7-4-10(2)8-12(15)16(19)11-5-6-14(18)13(17)9-11/h4-9,16H,3,19H2,1-2H3. The van der Waals surface area contributed by atoms with Gasteiger partial charge in [0.25, 0.3) is 0 Å². The van der Waals surface area contributed by atoms with Gasteiger partial charge in [0.1, 0.15) is 11.6 Å². The summed E-state index contributed by atoms with van der Waals surface area (Å²) in [5.41, 5.74) is 9.17. The van der Waals surface area contributed by atoms with Crippen LogP contribution in [-0.4, -0.2) is 6.61 Å². The maximum Gasteiger partial charge on any atom is 0.137 e. The molecule has 1 atom stereocenters. The lowest BCUT2D eigenvalue weighted by Gasteiger charge is -2.18. The highest BCUT2D eigenvalue weighted by atomic mass is 79.9. The highest BCUT2D eigenvalue weighted by molar-refractivity contribution is 9.10. The molecular formula is C16H17BrFNO. The van der Waals surface area contributed by atoms with Gasteiger partial charge in [-0.1, -0.05) is 23.8 Å². The van der Waals surface area contributed by atoms with Gasteiger partial charge < -0.3 is 10.5 Å². The Morgan fingerprint density at radius 1 is 1.25 bits per heavy atom. The summed E-state index contributed by atoms with van der Waals surface area (Å²) in [7, 11) is 0. The zero-order valence-corrected chi connectivity index (χ0v) is 13.1. The van der Waals surface area contributed by atoms with Crippen LogP contribution in [-0.2, 0) is 0 Å². The number of rotatable bonds is 4. The molecule has 0 spiro atoms. The Bertz CT molecular complexity index is 615. The highest BCUT2D eigenvalue weighted by Gasteiger charge is 2.15. The molecule has 0 bridgehead atoms. The summed E-state index contributed by atoms with van der Waals surface area (Å²) in [6, 6.07) is 10.4. The van der Waals surface area contributed by atoms with E-state index in [0.29, 0.717) is 11.1 Å². The zero-order chi connectivity index (χ0) is 14.7. The molecule has 0 saturated carbocycles. The van der Waals surface area contributed by atoms with E-state index in [1.165, 1.54) is 6.07 Å². The normalized spacial score (nSPS) is 12.2. The number of hydrogen-bond acceptors (Lipinski definition) is 2. The molecule has 0 radical (unpaired) electrons. The van der Waals surface area contributed by atoms with Gasteiger partial charge in [0.05, 0.1) is 17.1 Å². The number of benzene rings is 2. The average molecular weight is 338 g/mol. The number of halogens is 2. The van der Waals surface area contributed by atoms with Crippen molar-refractivity contribution in [2.24, 2.45) is 5.73 Å². The highest BCUT2D eigenvalue weighted by Crippen LogP contribution is 2.31. The first-order valence-electron chi connectivity index (χ1n) is 6.46. The first kappa shape index (κ1) is 15.0. The van der Waals surface area contributed by atoms with E-state index in [2.05, 4.69) is 15.9 Å². The maximum atomic E-state index is 13.3. The predicted octanol–water partition coefficient (Wildman–Crippen LogP) is 4.34. The summed E-state index contributed by atoms with van der Waals surface area (Å²) in [6.45, 7) is 4.52. The van der Waals surface area contributed by atoms with Crippen LogP contribution in [0.15, 0.2) is 40.9 Å². The van der Waals surface area contributed by atoms with Crippen molar-refractivity contribution in [3.05, 3.63) is 63.4 Å². The lowest BCUT2D eigenvalue weighted by Crippen LogP contribution is -2.14. The summed E-state index contributed by atoms with van der Waals surface area (Å²) >= 11 is 3.19. The van der Waals surface area contributed by atoms with Gasteiger partial charge in [0.15, 0.2) is 0 Å². The van der Waals surface area contributed by atoms with Gasteiger partial charge in [-0.15, -0.1) is 0 Å². The third kappa shape index (κ3) is 3.19. The van der Waals surface area contributed by atoms with Gasteiger partial charge in [-0.05, 0) is 53.5 Å². The molecule has 1 unspecified atom stereocenters. The van der Waals surface area contributed by atoms with Gasteiger partial charge in [-0.25, -0.2) is 4.39 Å². The number of hydrogen-bond donors (Lipinski definition) is 1. The largest absolute Gasteiger partial charge is 0.494 e. The van der Waals surface area contributed by atoms with Gasteiger partial charge >= 0.3 is 0 Å². The topological polar surface area (TPSA) is 35.2 Å². The van der Waals surface area contributed by atoms with Crippen LogP contribution in [0.25, 0.3) is 0 Å². The zero-order valence-electron chi connectivity index (χ0n) is 11.5. The molecule has 0 heterocycles. The quantitative estimate of drug-likeness (QED) is 0.900. The average Bonchev–Trinajstić information content (AvgIpc) is 2.43. The van der Waals surface area contributed by atoms with E-state index in [1.54, 1.807) is 12.1 Å². The van der Waals surface area contributed by atoms with Crippen molar-refractivity contribution in [2.45, 2.75) is 19.9 Å². The Balaban J connectivity index is 2.43. The van der Waals surface area contributed by atoms with Crippen LogP contribution in [0.1, 0.15) is 29.7 Å². The number of aryl methyl sites for hydroxylation is 1. The van der Waals surface area contributed by atoms with Crippen molar-refractivity contribution in [3.63, 3.8) is 0 Å². The van der Waals surface area contributed by atoms with Crippen LogP contribution >= 0.6 is 15.9 Å². The summed E-state index contributed by atoms with van der Waals surface area (Å²) in [6.07, 6.45) is 0. The van der Waals surface area contributed by atoms with E-state index in [0.717, 1.165) is 22.4 Å². The molecule has 0 aromatic heterocycles. The second-order valence-electron chi connectivity index (χ2n) is 4.63. The molecule has 0 amide bonds. The molecule has 2 N–H and O–H groups in total. The van der Waals surface area contributed by atoms with Crippen LogP contribution in [0, 0.1) is 12.7 Å². The van der Waals surface area contributed by atoms with Crippen LogP contribution in [0.2, 0.25) is 0 Å².